The van der Waals surface area contributed by atoms with E-state index in [1.54, 1.807) is 9.36 Å². The number of benzene rings is 6. The highest BCUT2D eigenvalue weighted by Gasteiger charge is 2.75. The van der Waals surface area contributed by atoms with Crippen molar-refractivity contribution in [3.63, 3.8) is 0 Å². The molecule has 6 aliphatic rings. The van der Waals surface area contributed by atoms with E-state index in [2.05, 4.69) is 225 Å². The van der Waals surface area contributed by atoms with E-state index in [4.69, 9.17) is 15.3 Å². The van der Waals surface area contributed by atoms with Crippen molar-refractivity contribution >= 4 is 32.3 Å². The van der Waals surface area contributed by atoms with Crippen molar-refractivity contribution in [2.24, 2.45) is 0 Å². The first-order valence-corrected chi connectivity index (χ1v) is 46.0. The molecule has 12 aromatic heterocycles. The number of nitrogens with zero attached hydrogens (tertiary/aromatic N) is 21. The molecule has 0 amide bonds. The third-order valence-electron chi connectivity index (χ3n) is 27.5. The summed E-state index contributed by atoms with van der Waals surface area (Å²) in [5, 5.41) is 32.4. The summed E-state index contributed by atoms with van der Waals surface area (Å²) in [6.07, 6.45) is -2.43. The molecule has 3 spiro atoms. The maximum atomic E-state index is 14.4. The van der Waals surface area contributed by atoms with Crippen LogP contribution in [0.3, 0.4) is 0 Å². The molecule has 18 aromatic rings. The molecule has 0 saturated carbocycles. The van der Waals surface area contributed by atoms with E-state index in [0.717, 1.165) is 117 Å². The molecule has 6 aliphatic heterocycles. The van der Waals surface area contributed by atoms with E-state index in [1.807, 2.05) is 193 Å². The van der Waals surface area contributed by atoms with Crippen molar-refractivity contribution in [1.82, 2.24) is 73.6 Å². The Balaban J connectivity index is 0.000000118. The monoisotopic (exact) mass is 1840 g/mol. The third kappa shape index (κ3) is 12.2. The fourth-order valence-corrected chi connectivity index (χ4v) is 21.7. The molecular formula is C106H98F9N21+6. The van der Waals surface area contributed by atoms with Crippen LogP contribution in [-0.2, 0) is 41.7 Å². The van der Waals surface area contributed by atoms with Gasteiger partial charge in [-0.15, -0.1) is 29.3 Å². The Morgan fingerprint density at radius 1 is 0.294 bits per heavy atom. The molecule has 18 heterocycles. The number of hydrogen-bond acceptors (Lipinski definition) is 9. The minimum atomic E-state index is -4.74. The Morgan fingerprint density at radius 3 is 0.993 bits per heavy atom. The molecule has 3 atom stereocenters. The number of alkyl halides is 9. The Labute approximate surface area is 777 Å². The molecule has 684 valence electrons. The summed E-state index contributed by atoms with van der Waals surface area (Å²) >= 11 is 0. The fraction of sp³-hybridized carbons (Fsp3) is 0.292. The Hall–Kier alpha value is -14.6. The van der Waals surface area contributed by atoms with E-state index in [-0.39, 0.29) is 46.6 Å². The van der Waals surface area contributed by atoms with Crippen LogP contribution in [0.4, 0.5) is 39.5 Å². The Bertz CT molecular complexity index is 8020. The lowest BCUT2D eigenvalue weighted by Gasteiger charge is -2.22. The summed E-state index contributed by atoms with van der Waals surface area (Å²) < 4.78 is 150. The average molecular weight is 1840 g/mol. The summed E-state index contributed by atoms with van der Waals surface area (Å²) in [5.74, 6) is -5.93. The number of aromatic nitrogens is 21. The Kier molecular flexibility index (Phi) is 19.1. The van der Waals surface area contributed by atoms with Crippen LogP contribution in [0.15, 0.2) is 231 Å². The van der Waals surface area contributed by atoms with Crippen molar-refractivity contribution in [3.8, 4) is 102 Å². The van der Waals surface area contributed by atoms with Gasteiger partial charge in [-0.25, -0.2) is 0 Å². The molecule has 136 heavy (non-hydrogen) atoms. The van der Waals surface area contributed by atoms with Crippen molar-refractivity contribution in [2.45, 2.75) is 202 Å². The molecule has 3 unspecified atom stereocenters. The maximum Gasteiger partial charge on any atom is 0.584 e. The lowest BCUT2D eigenvalue weighted by atomic mass is 9.84. The van der Waals surface area contributed by atoms with E-state index in [0.29, 0.717) is 28.9 Å². The van der Waals surface area contributed by atoms with Gasteiger partial charge in [0.2, 0.25) is 34.6 Å². The first kappa shape index (κ1) is 86.8. The summed E-state index contributed by atoms with van der Waals surface area (Å²) in [5.41, 5.74) is 23.5. The van der Waals surface area contributed by atoms with Gasteiger partial charge in [-0.3, -0.25) is 0 Å². The lowest BCUT2D eigenvalue weighted by molar-refractivity contribution is -0.990. The predicted octanol–water partition coefficient (Wildman–Crippen LogP) is 21.1. The van der Waals surface area contributed by atoms with Crippen molar-refractivity contribution < 1.29 is 66.9 Å². The number of hydrogen-bond donors (Lipinski definition) is 0. The molecule has 0 saturated heterocycles. The molecule has 0 aliphatic carbocycles. The molecule has 0 fully saturated rings. The van der Waals surface area contributed by atoms with Gasteiger partial charge in [0.15, 0.2) is 37.2 Å². The summed E-state index contributed by atoms with van der Waals surface area (Å²) in [7, 11) is 0. The number of fused-ring (bicyclic) bond motifs is 36. The zero-order chi connectivity index (χ0) is 95.5. The van der Waals surface area contributed by atoms with Crippen molar-refractivity contribution in [3.05, 3.63) is 305 Å². The largest absolute Gasteiger partial charge is 0.584 e. The van der Waals surface area contributed by atoms with E-state index < -0.39 is 53.7 Å². The van der Waals surface area contributed by atoms with Gasteiger partial charge in [0.05, 0.1) is 44.4 Å². The topological polar surface area (TPSA) is 169 Å². The van der Waals surface area contributed by atoms with Gasteiger partial charge in [-0.1, -0.05) is 242 Å². The lowest BCUT2D eigenvalue weighted by Crippen LogP contribution is -2.77. The van der Waals surface area contributed by atoms with Crippen LogP contribution in [0.1, 0.15) is 213 Å². The van der Waals surface area contributed by atoms with Gasteiger partial charge < -0.3 is 0 Å². The second-order valence-corrected chi connectivity index (χ2v) is 39.2. The second-order valence-electron chi connectivity index (χ2n) is 39.2. The number of halogens is 9. The molecule has 6 aromatic carbocycles. The SMILES string of the molecule is Cc1cc2n(n1)C1(n3nc(C(F)(F)F)nc3-c3c4ccc(-c5c(C(C)C)cccc5C(C)C)cc4cc[n+]31)[n+]1ccccc1-2.Cc1cc2n(n1)C1(n3nc(C(F)(F)F)nc3-c3c4ccccc4c(-c4c(C(C)C)cccc4C(C)C)c[n+]31)[n+]1ccc(C(C)(C)C)cc1-2.Cc1cc2n(n1)C1(n3nc(C(F)(F)F)nc3-c3c4ccccc4c(-c4c(C(C)C)cccc4C(C)C)c[n+]31)[n+]1ccccc1-2. The van der Waals surface area contributed by atoms with E-state index in [9.17, 15) is 39.5 Å². The summed E-state index contributed by atoms with van der Waals surface area (Å²) in [4.78, 5) is 12.5. The van der Waals surface area contributed by atoms with Crippen LogP contribution in [-0.4, -0.2) is 73.6 Å². The normalized spacial score (nSPS) is 16.7. The van der Waals surface area contributed by atoms with Crippen LogP contribution in [0.5, 0.6) is 0 Å². The predicted molar refractivity (Wildman–Crippen MR) is 494 cm³/mol. The molecule has 21 nitrogen and oxygen atoms in total. The van der Waals surface area contributed by atoms with Crippen LogP contribution >= 0.6 is 0 Å². The number of aryl methyl sites for hydroxylation is 3. The molecule has 0 bridgehead atoms. The minimum absolute atomic E-state index is 0.129. The molecule has 0 radical (unpaired) electrons. The summed E-state index contributed by atoms with van der Waals surface area (Å²) in [6, 6.07) is 64.9. The zero-order valence-electron chi connectivity index (χ0n) is 78.2. The van der Waals surface area contributed by atoms with Crippen molar-refractivity contribution in [1.29, 1.82) is 0 Å². The Morgan fingerprint density at radius 2 is 0.625 bits per heavy atom. The van der Waals surface area contributed by atoms with Crippen LogP contribution in [0.2, 0.25) is 0 Å². The third-order valence-corrected chi connectivity index (χ3v) is 27.5. The molecule has 30 heteroatoms. The standard InChI is InChI=1S/C38H38F3N7.2C34H30F3N7/c1-21(2)25-14-11-15-26(22(3)4)32(25)29-20-46-33(28-13-10-9-12-27(28)29)34-42-35(37(39,40)41)44-48(34)38(46)45-17-16-24(36(6,7)8)19-30(45)31-18-23(5)43-47(31)38;1-19(2)22-13-10-14-23(20(3)4)29(22)26-18-42-30(25-12-7-6-11-24(25)26)31-38-32(33(35,36)37)40-44(31)34(42)41-16-9-8-15-27(41)28-17-21(5)39-43(28)34;1-19(2)24-9-8-10-25(20(3)4)29(24)23-12-13-26-22(18-23)14-16-42-30(26)31-38-32(33(35,36)37)40-44(31)34(42)41-15-7-6-11-27(41)28-17-21(5)39-43(28)34/h9-22H,1-8H3;2*6-20H,1-5H3/q3*+2. The molecule has 0 N–H and O–H groups in total. The van der Waals surface area contributed by atoms with Gasteiger partial charge in [-0.2, -0.15) is 69.8 Å². The van der Waals surface area contributed by atoms with E-state index >= 15 is 0 Å². The highest BCUT2D eigenvalue weighted by Crippen LogP contribution is 2.52. The van der Waals surface area contributed by atoms with E-state index in [1.165, 1.54) is 53.0 Å². The summed E-state index contributed by atoms with van der Waals surface area (Å²) in [6.45, 7) is 38.4. The second kappa shape index (κ2) is 30.0. The minimum Gasteiger partial charge on any atom is -0.197 e. The van der Waals surface area contributed by atoms with Crippen LogP contribution in [0.25, 0.3) is 134 Å². The van der Waals surface area contributed by atoms with Gasteiger partial charge >= 0.3 is 36.3 Å². The first-order valence-electron chi connectivity index (χ1n) is 46.0. The molecular weight excluding hydrogens is 1740 g/mol. The average Bonchev–Trinajstić information content (AvgIpc) is 1.50. The van der Waals surface area contributed by atoms with Crippen LogP contribution in [0, 0.1) is 20.8 Å². The highest BCUT2D eigenvalue weighted by molar-refractivity contribution is 6.04. The first-order chi connectivity index (χ1) is 64.7. The van der Waals surface area contributed by atoms with Gasteiger partial charge in [0.25, 0.3) is 34.6 Å². The number of pyridine rings is 6. The van der Waals surface area contributed by atoms with Crippen molar-refractivity contribution in [2.75, 3.05) is 0 Å². The smallest absolute Gasteiger partial charge is 0.197 e. The maximum absolute atomic E-state index is 14.4. The quantitative estimate of drug-likeness (QED) is 0.101. The van der Waals surface area contributed by atoms with Gasteiger partial charge in [0.1, 0.15) is 17.1 Å². The highest BCUT2D eigenvalue weighted by atomic mass is 19.4. The van der Waals surface area contributed by atoms with Gasteiger partial charge in [0, 0.05) is 53.2 Å². The van der Waals surface area contributed by atoms with Crippen LogP contribution < -0.4 is 27.4 Å². The fourth-order valence-electron chi connectivity index (χ4n) is 21.7. The van der Waals surface area contributed by atoms with Gasteiger partial charge in [-0.05, 0) is 183 Å². The molecule has 24 rings (SSSR count). The zero-order valence-corrected chi connectivity index (χ0v) is 78.2. The number of rotatable bonds is 9.